The predicted molar refractivity (Wildman–Crippen MR) is 79.1 cm³/mol. The van der Waals surface area contributed by atoms with Crippen LogP contribution in [0.4, 0.5) is 5.69 Å². The number of imidazole rings is 1. The van der Waals surface area contributed by atoms with E-state index in [9.17, 15) is 0 Å². The first kappa shape index (κ1) is 12.2. The van der Waals surface area contributed by atoms with Crippen LogP contribution in [0.1, 0.15) is 11.3 Å². The number of aryl methyl sites for hydroxylation is 1. The Balaban J connectivity index is 2.26. The van der Waals surface area contributed by atoms with Crippen LogP contribution in [0.25, 0.3) is 16.9 Å². The van der Waals surface area contributed by atoms with Crippen molar-refractivity contribution in [3.05, 3.63) is 53.9 Å². The molecule has 0 saturated heterocycles. The summed E-state index contributed by atoms with van der Waals surface area (Å²) in [5.41, 5.74) is 11.2. The van der Waals surface area contributed by atoms with E-state index in [0.717, 1.165) is 33.8 Å². The molecule has 2 heterocycles. The Morgan fingerprint density at radius 3 is 2.65 bits per heavy atom. The van der Waals surface area contributed by atoms with Gasteiger partial charge in [-0.15, -0.1) is 0 Å². The van der Waals surface area contributed by atoms with Gasteiger partial charge in [-0.3, -0.25) is 0 Å². The maximum atomic E-state index is 9.07. The van der Waals surface area contributed by atoms with Crippen LogP contribution in [0.2, 0.25) is 0 Å². The first-order valence-electron chi connectivity index (χ1n) is 6.39. The highest BCUT2D eigenvalue weighted by Crippen LogP contribution is 2.26. The van der Waals surface area contributed by atoms with Crippen LogP contribution >= 0.6 is 0 Å². The topological polar surface area (TPSA) is 67.1 Å². The third kappa shape index (κ3) is 1.99. The van der Waals surface area contributed by atoms with E-state index < -0.39 is 0 Å². The van der Waals surface area contributed by atoms with E-state index >= 15 is 0 Å². The second-order valence-electron chi connectivity index (χ2n) is 4.80. The summed E-state index contributed by atoms with van der Waals surface area (Å²) in [4.78, 5) is 4.64. The maximum Gasteiger partial charge on any atom is 0.137 e. The summed E-state index contributed by atoms with van der Waals surface area (Å²) in [6.45, 7) is 2.03. The van der Waals surface area contributed by atoms with Gasteiger partial charge in [-0.05, 0) is 30.7 Å². The lowest BCUT2D eigenvalue weighted by Crippen LogP contribution is -1.94. The summed E-state index contributed by atoms with van der Waals surface area (Å²) in [6, 6.07) is 13.8. The van der Waals surface area contributed by atoms with Gasteiger partial charge in [-0.2, -0.15) is 5.26 Å². The van der Waals surface area contributed by atoms with E-state index in [1.165, 1.54) is 0 Å². The lowest BCUT2D eigenvalue weighted by molar-refractivity contribution is 1.04. The van der Waals surface area contributed by atoms with Gasteiger partial charge in [0.05, 0.1) is 23.9 Å². The summed E-state index contributed by atoms with van der Waals surface area (Å²) < 4.78 is 1.99. The zero-order valence-corrected chi connectivity index (χ0v) is 11.2. The quantitative estimate of drug-likeness (QED) is 0.722. The molecule has 0 amide bonds. The molecule has 0 aliphatic heterocycles. The standard InChI is InChI=1S/C16H14N4/c1-11-2-7-15-19-16(12-3-5-13(18)6-4-12)14(8-9-17)20(15)10-11/h2-7,10H,8,18H2,1H3. The Labute approximate surface area is 117 Å². The summed E-state index contributed by atoms with van der Waals surface area (Å²) >= 11 is 0. The van der Waals surface area contributed by atoms with Crippen molar-refractivity contribution >= 4 is 11.3 Å². The molecule has 0 bridgehead atoms. The Bertz CT molecular complexity index is 807. The van der Waals surface area contributed by atoms with Gasteiger partial charge in [0.1, 0.15) is 5.65 Å². The molecule has 0 fully saturated rings. The number of rotatable bonds is 2. The summed E-state index contributed by atoms with van der Waals surface area (Å²) in [7, 11) is 0. The number of fused-ring (bicyclic) bond motifs is 1. The Hall–Kier alpha value is -2.80. The molecular weight excluding hydrogens is 248 g/mol. The molecular formula is C16H14N4. The average Bonchev–Trinajstić information content (AvgIpc) is 2.79. The van der Waals surface area contributed by atoms with Crippen molar-refractivity contribution < 1.29 is 0 Å². The number of nitrogens with two attached hydrogens (primary N) is 1. The van der Waals surface area contributed by atoms with Gasteiger partial charge in [0.2, 0.25) is 0 Å². The maximum absolute atomic E-state index is 9.07. The number of hydrogen-bond acceptors (Lipinski definition) is 3. The van der Waals surface area contributed by atoms with E-state index in [1.54, 1.807) is 0 Å². The number of aromatic nitrogens is 2. The molecule has 0 saturated carbocycles. The van der Waals surface area contributed by atoms with Gasteiger partial charge in [-0.25, -0.2) is 4.98 Å². The minimum Gasteiger partial charge on any atom is -0.399 e. The molecule has 98 valence electrons. The number of anilines is 1. The largest absolute Gasteiger partial charge is 0.399 e. The number of nitrogens with zero attached hydrogens (tertiary/aromatic N) is 3. The van der Waals surface area contributed by atoms with Crippen LogP contribution in [0, 0.1) is 18.3 Å². The molecule has 0 unspecified atom stereocenters. The SMILES string of the molecule is Cc1ccc2nc(-c3ccc(N)cc3)c(CC#N)n2c1. The van der Waals surface area contributed by atoms with Gasteiger partial charge >= 0.3 is 0 Å². The summed E-state index contributed by atoms with van der Waals surface area (Å²) in [5, 5.41) is 9.07. The molecule has 20 heavy (non-hydrogen) atoms. The molecule has 0 radical (unpaired) electrons. The zero-order chi connectivity index (χ0) is 14.1. The van der Waals surface area contributed by atoms with Crippen LogP contribution in [-0.2, 0) is 6.42 Å². The molecule has 1 aromatic carbocycles. The highest BCUT2D eigenvalue weighted by molar-refractivity contribution is 5.68. The monoisotopic (exact) mass is 262 g/mol. The zero-order valence-electron chi connectivity index (χ0n) is 11.2. The second-order valence-corrected chi connectivity index (χ2v) is 4.80. The number of nitrogen functional groups attached to an aromatic ring is 1. The fraction of sp³-hybridized carbons (Fsp3) is 0.125. The number of hydrogen-bond donors (Lipinski definition) is 1. The Kier molecular flexibility index (Phi) is 2.88. The minimum absolute atomic E-state index is 0.324. The van der Waals surface area contributed by atoms with Crippen molar-refractivity contribution in [3.63, 3.8) is 0 Å². The van der Waals surface area contributed by atoms with Crippen molar-refractivity contribution in [1.29, 1.82) is 5.26 Å². The van der Waals surface area contributed by atoms with E-state index in [2.05, 4.69) is 11.1 Å². The van der Waals surface area contributed by atoms with Gasteiger partial charge in [0.15, 0.2) is 0 Å². The van der Waals surface area contributed by atoms with E-state index in [1.807, 2.05) is 53.9 Å². The van der Waals surface area contributed by atoms with Crippen LogP contribution in [0.3, 0.4) is 0 Å². The van der Waals surface area contributed by atoms with Crippen LogP contribution in [0.5, 0.6) is 0 Å². The minimum atomic E-state index is 0.324. The third-order valence-electron chi connectivity index (χ3n) is 3.30. The van der Waals surface area contributed by atoms with Crippen molar-refractivity contribution in [2.75, 3.05) is 5.73 Å². The molecule has 0 aliphatic rings. The molecule has 0 spiro atoms. The Morgan fingerprint density at radius 2 is 1.95 bits per heavy atom. The fourth-order valence-corrected chi connectivity index (χ4v) is 2.32. The average molecular weight is 262 g/mol. The third-order valence-corrected chi connectivity index (χ3v) is 3.30. The first-order valence-corrected chi connectivity index (χ1v) is 6.39. The molecule has 0 aliphatic carbocycles. The van der Waals surface area contributed by atoms with Crippen LogP contribution in [0.15, 0.2) is 42.6 Å². The fourth-order valence-electron chi connectivity index (χ4n) is 2.32. The van der Waals surface area contributed by atoms with Gasteiger partial charge in [0, 0.05) is 17.4 Å². The second kappa shape index (κ2) is 4.71. The Morgan fingerprint density at radius 1 is 1.20 bits per heavy atom. The number of benzene rings is 1. The van der Waals surface area contributed by atoms with Crippen molar-refractivity contribution in [1.82, 2.24) is 9.38 Å². The smallest absolute Gasteiger partial charge is 0.137 e. The molecule has 3 aromatic rings. The van der Waals surface area contributed by atoms with Crippen molar-refractivity contribution in [3.8, 4) is 17.3 Å². The lowest BCUT2D eigenvalue weighted by Gasteiger charge is -2.02. The van der Waals surface area contributed by atoms with Gasteiger partial charge in [-0.1, -0.05) is 18.2 Å². The highest BCUT2D eigenvalue weighted by atomic mass is 15.0. The summed E-state index contributed by atoms with van der Waals surface area (Å²) in [6.07, 6.45) is 2.33. The van der Waals surface area contributed by atoms with E-state index in [4.69, 9.17) is 11.0 Å². The molecule has 4 heteroatoms. The van der Waals surface area contributed by atoms with Crippen LogP contribution in [-0.4, -0.2) is 9.38 Å². The number of pyridine rings is 1. The number of nitriles is 1. The predicted octanol–water partition coefficient (Wildman–Crippen LogP) is 2.96. The molecule has 3 rings (SSSR count). The van der Waals surface area contributed by atoms with Crippen molar-refractivity contribution in [2.24, 2.45) is 0 Å². The molecule has 2 aromatic heterocycles. The van der Waals surface area contributed by atoms with Gasteiger partial charge in [0.25, 0.3) is 0 Å². The molecule has 4 nitrogen and oxygen atoms in total. The lowest BCUT2D eigenvalue weighted by atomic mass is 10.1. The first-order chi connectivity index (χ1) is 9.69. The normalized spacial score (nSPS) is 10.6. The highest BCUT2D eigenvalue weighted by Gasteiger charge is 2.13. The molecule has 0 atom stereocenters. The summed E-state index contributed by atoms with van der Waals surface area (Å²) in [5.74, 6) is 0. The van der Waals surface area contributed by atoms with Gasteiger partial charge < -0.3 is 10.1 Å². The van der Waals surface area contributed by atoms with E-state index in [-0.39, 0.29) is 0 Å². The molecule has 2 N–H and O–H groups in total. The van der Waals surface area contributed by atoms with E-state index in [0.29, 0.717) is 6.42 Å². The van der Waals surface area contributed by atoms with Crippen molar-refractivity contribution in [2.45, 2.75) is 13.3 Å². The van der Waals surface area contributed by atoms with Crippen LogP contribution < -0.4 is 5.73 Å².